The first-order chi connectivity index (χ1) is 8.15. The monoisotopic (exact) mass is 252 g/mol. The van der Waals surface area contributed by atoms with Crippen molar-refractivity contribution in [3.8, 4) is 0 Å². The van der Waals surface area contributed by atoms with Crippen LogP contribution in [0.1, 0.15) is 31.1 Å². The summed E-state index contributed by atoms with van der Waals surface area (Å²) >= 11 is 1.87. The molecule has 1 fully saturated rings. The zero-order valence-electron chi connectivity index (χ0n) is 11.0. The molecule has 0 saturated heterocycles. The van der Waals surface area contributed by atoms with Crippen LogP contribution in [0.3, 0.4) is 0 Å². The number of nitrogens with two attached hydrogens (primary N) is 1. The van der Waals surface area contributed by atoms with E-state index in [2.05, 4.69) is 36.4 Å². The highest BCUT2D eigenvalue weighted by molar-refractivity contribution is 7.09. The van der Waals surface area contributed by atoms with Crippen LogP contribution in [0.4, 0.5) is 0 Å². The summed E-state index contributed by atoms with van der Waals surface area (Å²) in [5.41, 5.74) is 6.26. The average molecular weight is 252 g/mol. The van der Waals surface area contributed by atoms with Crippen molar-refractivity contribution in [3.63, 3.8) is 0 Å². The Bertz CT molecular complexity index is 330. The van der Waals surface area contributed by atoms with Crippen molar-refractivity contribution in [3.05, 3.63) is 22.4 Å². The lowest BCUT2D eigenvalue weighted by atomic mass is 10.0. The molecule has 1 aliphatic carbocycles. The third-order valence-electron chi connectivity index (χ3n) is 4.05. The van der Waals surface area contributed by atoms with E-state index in [0.717, 1.165) is 6.54 Å². The molecule has 0 aliphatic heterocycles. The topological polar surface area (TPSA) is 29.3 Å². The van der Waals surface area contributed by atoms with Crippen LogP contribution in [0.15, 0.2) is 17.5 Å². The van der Waals surface area contributed by atoms with Crippen LogP contribution in [0.5, 0.6) is 0 Å². The van der Waals surface area contributed by atoms with Crippen molar-refractivity contribution in [2.75, 3.05) is 20.1 Å². The van der Waals surface area contributed by atoms with Gasteiger partial charge in [-0.1, -0.05) is 6.07 Å². The highest BCUT2D eigenvalue weighted by Crippen LogP contribution is 2.49. The molecule has 1 heterocycles. The van der Waals surface area contributed by atoms with Crippen molar-refractivity contribution >= 4 is 11.3 Å². The van der Waals surface area contributed by atoms with E-state index in [4.69, 9.17) is 5.73 Å². The van der Waals surface area contributed by atoms with Crippen LogP contribution in [0.2, 0.25) is 0 Å². The molecule has 2 rings (SSSR count). The summed E-state index contributed by atoms with van der Waals surface area (Å²) in [5.74, 6) is 0. The Labute approximate surface area is 109 Å². The number of hydrogen-bond donors (Lipinski definition) is 1. The fourth-order valence-corrected chi connectivity index (χ4v) is 3.36. The third kappa shape index (κ3) is 3.54. The van der Waals surface area contributed by atoms with Crippen molar-refractivity contribution in [2.24, 2.45) is 11.1 Å². The van der Waals surface area contributed by atoms with Crippen LogP contribution in [-0.2, 0) is 6.42 Å². The van der Waals surface area contributed by atoms with E-state index in [1.165, 1.54) is 37.1 Å². The Hall–Kier alpha value is -0.380. The van der Waals surface area contributed by atoms with Crippen LogP contribution in [-0.4, -0.2) is 31.1 Å². The van der Waals surface area contributed by atoms with E-state index in [1.54, 1.807) is 0 Å². The van der Waals surface area contributed by atoms with Gasteiger partial charge in [-0.05, 0) is 63.1 Å². The lowest BCUT2D eigenvalue weighted by molar-refractivity contribution is 0.201. The molecule has 2 N–H and O–H groups in total. The van der Waals surface area contributed by atoms with Gasteiger partial charge in [0.05, 0.1) is 0 Å². The van der Waals surface area contributed by atoms with Gasteiger partial charge in [-0.3, -0.25) is 0 Å². The number of likely N-dealkylation sites (N-methyl/N-ethyl adjacent to an activating group) is 1. The van der Waals surface area contributed by atoms with Gasteiger partial charge in [0, 0.05) is 17.5 Å². The minimum atomic E-state index is 0.563. The second kappa shape index (κ2) is 5.51. The lowest BCUT2D eigenvalue weighted by Crippen LogP contribution is -2.36. The van der Waals surface area contributed by atoms with Crippen LogP contribution in [0.25, 0.3) is 0 Å². The van der Waals surface area contributed by atoms with E-state index in [9.17, 15) is 0 Å². The summed E-state index contributed by atoms with van der Waals surface area (Å²) in [6.45, 7) is 4.39. The van der Waals surface area contributed by atoms with Gasteiger partial charge < -0.3 is 10.6 Å². The maximum atomic E-state index is 5.70. The number of hydrogen-bond acceptors (Lipinski definition) is 3. The predicted molar refractivity (Wildman–Crippen MR) is 75.5 cm³/mol. The average Bonchev–Trinajstić information content (AvgIpc) is 2.85. The van der Waals surface area contributed by atoms with Crippen LogP contribution in [0, 0.1) is 5.41 Å². The van der Waals surface area contributed by atoms with Gasteiger partial charge in [-0.2, -0.15) is 0 Å². The minimum absolute atomic E-state index is 0.563. The molecular weight excluding hydrogens is 228 g/mol. The molecule has 1 atom stereocenters. The fourth-order valence-electron chi connectivity index (χ4n) is 2.53. The first-order valence-electron chi connectivity index (χ1n) is 6.58. The Balaban J connectivity index is 1.81. The van der Waals surface area contributed by atoms with Gasteiger partial charge in [0.15, 0.2) is 0 Å². The second-order valence-corrected chi connectivity index (χ2v) is 6.62. The van der Waals surface area contributed by atoms with Crippen molar-refractivity contribution in [2.45, 2.75) is 38.6 Å². The lowest BCUT2D eigenvalue weighted by Gasteiger charge is -2.28. The van der Waals surface area contributed by atoms with Gasteiger partial charge in [0.1, 0.15) is 0 Å². The van der Waals surface area contributed by atoms with Gasteiger partial charge in [0.25, 0.3) is 0 Å². The molecule has 2 nitrogen and oxygen atoms in total. The van der Waals surface area contributed by atoms with Crippen molar-refractivity contribution in [1.82, 2.24) is 4.90 Å². The highest BCUT2D eigenvalue weighted by Gasteiger charge is 2.42. The summed E-state index contributed by atoms with van der Waals surface area (Å²) in [7, 11) is 2.26. The Morgan fingerprint density at radius 3 is 2.82 bits per heavy atom. The molecule has 0 bridgehead atoms. The van der Waals surface area contributed by atoms with Crippen LogP contribution < -0.4 is 5.73 Å². The largest absolute Gasteiger partial charge is 0.330 e. The molecule has 0 amide bonds. The quantitative estimate of drug-likeness (QED) is 0.808. The molecule has 0 radical (unpaired) electrons. The number of nitrogens with zero attached hydrogens (tertiary/aromatic N) is 1. The Morgan fingerprint density at radius 2 is 2.29 bits per heavy atom. The summed E-state index contributed by atoms with van der Waals surface area (Å²) < 4.78 is 0. The standard InChI is InChI=1S/C14H24N2S/c1-12(10-13-4-3-9-17-13)16(2)11-14(5-6-14)7-8-15/h3-4,9,12H,5-8,10-11,15H2,1-2H3. The Morgan fingerprint density at radius 1 is 1.53 bits per heavy atom. The van der Waals surface area contributed by atoms with Crippen molar-refractivity contribution < 1.29 is 0 Å². The molecule has 1 unspecified atom stereocenters. The molecular formula is C14H24N2S. The van der Waals surface area contributed by atoms with Crippen LogP contribution >= 0.6 is 11.3 Å². The molecule has 17 heavy (non-hydrogen) atoms. The predicted octanol–water partition coefficient (Wildman–Crippen LogP) is 2.74. The molecule has 1 aromatic heterocycles. The maximum Gasteiger partial charge on any atom is 0.0112 e. The SMILES string of the molecule is CC(Cc1cccs1)N(C)CC1(CCN)CC1. The van der Waals surface area contributed by atoms with Gasteiger partial charge >= 0.3 is 0 Å². The maximum absolute atomic E-state index is 5.70. The molecule has 96 valence electrons. The molecule has 0 aromatic carbocycles. The van der Waals surface area contributed by atoms with Gasteiger partial charge in [-0.25, -0.2) is 0 Å². The number of thiophene rings is 1. The first-order valence-corrected chi connectivity index (χ1v) is 7.46. The smallest absolute Gasteiger partial charge is 0.0112 e. The van der Waals surface area contributed by atoms with E-state index in [-0.39, 0.29) is 0 Å². The summed E-state index contributed by atoms with van der Waals surface area (Å²) in [4.78, 5) is 4.01. The summed E-state index contributed by atoms with van der Waals surface area (Å²) in [5, 5.41) is 2.17. The number of rotatable bonds is 7. The molecule has 1 saturated carbocycles. The van der Waals surface area contributed by atoms with E-state index < -0.39 is 0 Å². The highest BCUT2D eigenvalue weighted by atomic mass is 32.1. The zero-order valence-corrected chi connectivity index (χ0v) is 11.8. The summed E-state index contributed by atoms with van der Waals surface area (Å²) in [6.07, 6.45) is 5.12. The van der Waals surface area contributed by atoms with E-state index in [0.29, 0.717) is 11.5 Å². The fraction of sp³-hybridized carbons (Fsp3) is 0.714. The second-order valence-electron chi connectivity index (χ2n) is 5.59. The van der Waals surface area contributed by atoms with Gasteiger partial charge in [-0.15, -0.1) is 11.3 Å². The molecule has 0 spiro atoms. The molecule has 1 aromatic rings. The summed E-state index contributed by atoms with van der Waals surface area (Å²) in [6, 6.07) is 5.01. The first kappa shape index (κ1) is 13.1. The van der Waals surface area contributed by atoms with Gasteiger partial charge in [0.2, 0.25) is 0 Å². The van der Waals surface area contributed by atoms with E-state index in [1.807, 2.05) is 11.3 Å². The minimum Gasteiger partial charge on any atom is -0.330 e. The molecule has 1 aliphatic rings. The molecule has 3 heteroatoms. The normalized spacial score (nSPS) is 19.5. The Kier molecular flexibility index (Phi) is 4.23. The zero-order chi connectivity index (χ0) is 12.3. The van der Waals surface area contributed by atoms with Crippen molar-refractivity contribution in [1.29, 1.82) is 0 Å². The third-order valence-corrected chi connectivity index (χ3v) is 4.94. The van der Waals surface area contributed by atoms with E-state index >= 15 is 0 Å².